The lowest BCUT2D eigenvalue weighted by Gasteiger charge is -2.24. The van der Waals surface area contributed by atoms with Gasteiger partial charge >= 0.3 is 12.4 Å². The van der Waals surface area contributed by atoms with E-state index in [1.807, 2.05) is 30.3 Å². The number of halogens is 6. The van der Waals surface area contributed by atoms with Gasteiger partial charge in [0.25, 0.3) is 0 Å². The lowest BCUT2D eigenvalue weighted by Crippen LogP contribution is -2.26. The second kappa shape index (κ2) is 7.02. The van der Waals surface area contributed by atoms with Gasteiger partial charge in [0.2, 0.25) is 0 Å². The first-order valence-corrected chi connectivity index (χ1v) is 9.24. The molecular weight excluding hydrogens is 396 g/mol. The van der Waals surface area contributed by atoms with Gasteiger partial charge in [0, 0.05) is 11.5 Å². The van der Waals surface area contributed by atoms with Gasteiger partial charge < -0.3 is 10.1 Å². The summed E-state index contributed by atoms with van der Waals surface area (Å²) in [5.41, 5.74) is -1.83. The third-order valence-electron chi connectivity index (χ3n) is 5.84. The summed E-state index contributed by atoms with van der Waals surface area (Å²) in [6.07, 6.45) is -8.79. The quantitative estimate of drug-likeness (QED) is 0.643. The summed E-state index contributed by atoms with van der Waals surface area (Å²) >= 11 is 0. The van der Waals surface area contributed by atoms with E-state index in [4.69, 9.17) is 4.74 Å². The van der Waals surface area contributed by atoms with Gasteiger partial charge in [-0.1, -0.05) is 30.3 Å². The fraction of sp³-hybridized carbons (Fsp3) is 0.429. The number of hydrogen-bond donors (Lipinski definition) is 1. The van der Waals surface area contributed by atoms with Crippen LogP contribution in [0, 0.1) is 11.3 Å². The zero-order valence-corrected chi connectivity index (χ0v) is 15.3. The molecular formula is C21H19F6NO. The molecule has 1 N–H and O–H groups in total. The molecule has 2 aromatic carbocycles. The summed E-state index contributed by atoms with van der Waals surface area (Å²) in [6.45, 7) is 0.801. The number of nitrogens with one attached hydrogen (secondary N) is 1. The highest BCUT2D eigenvalue weighted by Crippen LogP contribution is 2.63. The molecule has 3 unspecified atom stereocenters. The van der Waals surface area contributed by atoms with E-state index >= 15 is 0 Å². The van der Waals surface area contributed by atoms with Crippen molar-refractivity contribution in [1.29, 1.82) is 0 Å². The van der Waals surface area contributed by atoms with Gasteiger partial charge in [-0.2, -0.15) is 26.3 Å². The van der Waals surface area contributed by atoms with Crippen LogP contribution in [0.4, 0.5) is 26.3 Å². The molecule has 0 spiro atoms. The summed E-state index contributed by atoms with van der Waals surface area (Å²) in [7, 11) is 0. The van der Waals surface area contributed by atoms with Crippen LogP contribution in [0.15, 0.2) is 48.5 Å². The monoisotopic (exact) mass is 415 g/mol. The molecule has 29 heavy (non-hydrogen) atoms. The van der Waals surface area contributed by atoms with Crippen LogP contribution in [0.5, 0.6) is 0 Å². The fourth-order valence-electron chi connectivity index (χ4n) is 4.31. The first-order valence-electron chi connectivity index (χ1n) is 9.24. The standard InChI is InChI=1S/C21H19F6NO/c22-20(23,24)15-6-13(7-16(8-15)21(25,26)27)11-29-12-19-9-17(19)10-28-18(19)14-4-2-1-3-5-14/h1-8,17-18,28H,9-12H2. The van der Waals surface area contributed by atoms with E-state index in [9.17, 15) is 26.3 Å². The van der Waals surface area contributed by atoms with Crippen molar-refractivity contribution >= 4 is 0 Å². The number of benzene rings is 2. The molecule has 1 heterocycles. The molecule has 8 heteroatoms. The van der Waals surface area contributed by atoms with Crippen LogP contribution in [0.25, 0.3) is 0 Å². The van der Waals surface area contributed by atoms with Crippen molar-refractivity contribution in [3.8, 4) is 0 Å². The van der Waals surface area contributed by atoms with Crippen LogP contribution in [0.3, 0.4) is 0 Å². The number of hydrogen-bond acceptors (Lipinski definition) is 2. The van der Waals surface area contributed by atoms with Gasteiger partial charge in [0.05, 0.1) is 24.3 Å². The second-order valence-corrected chi connectivity index (χ2v) is 7.79. The maximum atomic E-state index is 13.0. The Bertz CT molecular complexity index is 847. The molecule has 156 valence electrons. The van der Waals surface area contributed by atoms with Crippen molar-refractivity contribution in [3.63, 3.8) is 0 Å². The number of ether oxygens (including phenoxy) is 1. The van der Waals surface area contributed by atoms with Crippen molar-refractivity contribution < 1.29 is 31.1 Å². The molecule has 3 atom stereocenters. The third-order valence-corrected chi connectivity index (χ3v) is 5.84. The maximum absolute atomic E-state index is 13.0. The highest BCUT2D eigenvalue weighted by molar-refractivity contribution is 5.33. The first kappa shape index (κ1) is 20.2. The smallest absolute Gasteiger partial charge is 0.376 e. The Morgan fingerprint density at radius 1 is 0.931 bits per heavy atom. The van der Waals surface area contributed by atoms with Crippen LogP contribution in [0.2, 0.25) is 0 Å². The van der Waals surface area contributed by atoms with Gasteiger partial charge in [-0.05, 0) is 48.2 Å². The molecule has 1 saturated heterocycles. The Morgan fingerprint density at radius 3 is 2.10 bits per heavy atom. The summed E-state index contributed by atoms with van der Waals surface area (Å²) in [6, 6.07) is 11.4. The molecule has 1 aliphatic carbocycles. The van der Waals surface area contributed by atoms with E-state index in [0.29, 0.717) is 5.92 Å². The zero-order chi connectivity index (χ0) is 20.9. The number of piperidine rings is 1. The van der Waals surface area contributed by atoms with Gasteiger partial charge in [-0.25, -0.2) is 0 Å². The summed E-state index contributed by atoms with van der Waals surface area (Å²) in [5.74, 6) is 0.403. The average Bonchev–Trinajstić information content (AvgIpc) is 3.24. The zero-order valence-electron chi connectivity index (χ0n) is 15.3. The minimum Gasteiger partial charge on any atom is -0.376 e. The Kier molecular flexibility index (Phi) is 4.90. The molecule has 2 fully saturated rings. The summed E-state index contributed by atoms with van der Waals surface area (Å²) in [4.78, 5) is 0. The van der Waals surface area contributed by atoms with Crippen molar-refractivity contribution in [1.82, 2.24) is 5.32 Å². The summed E-state index contributed by atoms with van der Waals surface area (Å²) in [5, 5.41) is 3.44. The molecule has 0 amide bonds. The van der Waals surface area contributed by atoms with Gasteiger partial charge in [-0.15, -0.1) is 0 Å². The van der Waals surface area contributed by atoms with Crippen LogP contribution in [-0.4, -0.2) is 13.2 Å². The SMILES string of the molecule is FC(F)(F)c1cc(COCC23CC2CNC3c2ccccc2)cc(C(F)(F)F)c1. The molecule has 2 aromatic rings. The lowest BCUT2D eigenvalue weighted by atomic mass is 9.91. The molecule has 2 nitrogen and oxygen atoms in total. The first-order chi connectivity index (χ1) is 13.6. The Labute approximate surface area is 163 Å². The van der Waals surface area contributed by atoms with E-state index < -0.39 is 23.5 Å². The highest BCUT2D eigenvalue weighted by Gasteiger charge is 2.63. The number of fused-ring (bicyclic) bond motifs is 1. The minimum atomic E-state index is -4.86. The Morgan fingerprint density at radius 2 is 1.55 bits per heavy atom. The average molecular weight is 415 g/mol. The summed E-state index contributed by atoms with van der Waals surface area (Å²) < 4.78 is 83.6. The van der Waals surface area contributed by atoms with E-state index in [1.54, 1.807) is 0 Å². The van der Waals surface area contributed by atoms with Gasteiger partial charge in [-0.3, -0.25) is 0 Å². The Balaban J connectivity index is 1.48. The number of rotatable bonds is 5. The van der Waals surface area contributed by atoms with E-state index in [0.717, 1.165) is 30.7 Å². The topological polar surface area (TPSA) is 21.3 Å². The van der Waals surface area contributed by atoms with Crippen molar-refractivity contribution in [2.24, 2.45) is 11.3 Å². The Hall–Kier alpha value is -2.06. The molecule has 0 radical (unpaired) electrons. The van der Waals surface area contributed by atoms with Crippen LogP contribution in [-0.2, 0) is 23.7 Å². The van der Waals surface area contributed by atoms with Gasteiger partial charge in [0.1, 0.15) is 0 Å². The predicted molar refractivity (Wildman–Crippen MR) is 93.8 cm³/mol. The molecule has 0 aromatic heterocycles. The predicted octanol–water partition coefficient (Wildman–Crippen LogP) is 5.59. The second-order valence-electron chi connectivity index (χ2n) is 7.79. The highest BCUT2D eigenvalue weighted by atomic mass is 19.4. The van der Waals surface area contributed by atoms with E-state index in [1.165, 1.54) is 0 Å². The molecule has 4 rings (SSSR count). The number of alkyl halides is 6. The van der Waals surface area contributed by atoms with E-state index in [-0.39, 0.29) is 36.3 Å². The van der Waals surface area contributed by atoms with Crippen LogP contribution >= 0.6 is 0 Å². The molecule has 2 aliphatic rings. The molecule has 1 saturated carbocycles. The lowest BCUT2D eigenvalue weighted by molar-refractivity contribution is -0.143. The third kappa shape index (κ3) is 4.00. The molecule has 0 bridgehead atoms. The van der Waals surface area contributed by atoms with Crippen molar-refractivity contribution in [2.75, 3.05) is 13.2 Å². The van der Waals surface area contributed by atoms with Crippen molar-refractivity contribution in [3.05, 3.63) is 70.8 Å². The van der Waals surface area contributed by atoms with Crippen molar-refractivity contribution in [2.45, 2.75) is 31.4 Å². The fourth-order valence-corrected chi connectivity index (χ4v) is 4.31. The van der Waals surface area contributed by atoms with Gasteiger partial charge in [0.15, 0.2) is 0 Å². The molecule has 1 aliphatic heterocycles. The normalized spacial score (nSPS) is 26.4. The van der Waals surface area contributed by atoms with Crippen LogP contribution < -0.4 is 5.32 Å². The minimum absolute atomic E-state index is 0.0703. The maximum Gasteiger partial charge on any atom is 0.416 e. The van der Waals surface area contributed by atoms with Crippen LogP contribution in [0.1, 0.15) is 34.7 Å². The largest absolute Gasteiger partial charge is 0.416 e. The van der Waals surface area contributed by atoms with E-state index in [2.05, 4.69) is 5.32 Å².